The molecule has 3 heterocycles. The van der Waals surface area contributed by atoms with Crippen LogP contribution in [0.3, 0.4) is 0 Å². The molecule has 0 atom stereocenters. The molecule has 1 aliphatic rings. The lowest BCUT2D eigenvalue weighted by atomic mass is 9.94. The number of aromatic nitrogens is 3. The Hall–Kier alpha value is -2.52. The third-order valence-electron chi connectivity index (χ3n) is 5.93. The van der Waals surface area contributed by atoms with Gasteiger partial charge in [-0.25, -0.2) is 23.4 Å². The minimum atomic E-state index is -3.19. The normalized spacial score (nSPS) is 15.0. The molecule has 1 aromatic carbocycles. The van der Waals surface area contributed by atoms with Gasteiger partial charge in [-0.3, -0.25) is 0 Å². The van der Waals surface area contributed by atoms with Gasteiger partial charge < -0.3 is 9.64 Å². The van der Waals surface area contributed by atoms with E-state index in [1.54, 1.807) is 18.3 Å². The van der Waals surface area contributed by atoms with Gasteiger partial charge in [-0.1, -0.05) is 36.8 Å². The van der Waals surface area contributed by atoms with E-state index in [0.717, 1.165) is 61.6 Å². The maximum Gasteiger partial charge on any atom is 0.273 e. The average molecular weight is 487 g/mol. The van der Waals surface area contributed by atoms with Gasteiger partial charge in [-0.15, -0.1) is 0 Å². The highest BCUT2D eigenvalue weighted by Crippen LogP contribution is 2.31. The Morgan fingerprint density at radius 3 is 2.39 bits per heavy atom. The van der Waals surface area contributed by atoms with E-state index in [9.17, 15) is 8.42 Å². The smallest absolute Gasteiger partial charge is 0.273 e. The van der Waals surface area contributed by atoms with Crippen LogP contribution in [0, 0.1) is 5.92 Å². The lowest BCUT2D eigenvalue weighted by Crippen LogP contribution is -2.35. The molecule has 0 bridgehead atoms. The van der Waals surface area contributed by atoms with E-state index >= 15 is 0 Å². The van der Waals surface area contributed by atoms with Crippen molar-refractivity contribution >= 4 is 27.1 Å². The lowest BCUT2D eigenvalue weighted by molar-refractivity contribution is 0.257. The Morgan fingerprint density at radius 1 is 1.06 bits per heavy atom. The van der Waals surface area contributed by atoms with E-state index in [2.05, 4.69) is 26.8 Å². The number of aryl methyl sites for hydroxylation is 1. The molecule has 0 amide bonds. The fourth-order valence-electron chi connectivity index (χ4n) is 3.99. The van der Waals surface area contributed by atoms with Crippen LogP contribution in [-0.4, -0.2) is 49.3 Å². The summed E-state index contributed by atoms with van der Waals surface area (Å²) in [6.07, 6.45) is 12.3. The van der Waals surface area contributed by atoms with Gasteiger partial charge in [-0.2, -0.15) is 0 Å². The number of ether oxygens (including phenoxy) is 1. The number of sulfone groups is 1. The minimum Gasteiger partial charge on any atom is -0.470 e. The van der Waals surface area contributed by atoms with Crippen LogP contribution in [0.2, 0.25) is 0 Å². The summed E-state index contributed by atoms with van der Waals surface area (Å²) in [6.45, 7) is 4.76. The molecule has 0 unspecified atom stereocenters. The molecule has 33 heavy (non-hydrogen) atoms. The van der Waals surface area contributed by atoms with Gasteiger partial charge in [0, 0.05) is 37.9 Å². The van der Waals surface area contributed by atoms with Crippen molar-refractivity contribution < 1.29 is 13.2 Å². The summed E-state index contributed by atoms with van der Waals surface area (Å²) in [5, 5.41) is 0.648. The summed E-state index contributed by atoms with van der Waals surface area (Å²) in [4.78, 5) is 17.0. The van der Waals surface area contributed by atoms with Gasteiger partial charge in [-0.05, 0) is 54.9 Å². The fourth-order valence-corrected chi connectivity index (χ4v) is 5.41. The average Bonchev–Trinajstić information content (AvgIpc) is 3.29. The molecular formula is C24H30N4O3S2. The number of nitrogens with zero attached hydrogens (tertiary/aromatic N) is 4. The van der Waals surface area contributed by atoms with E-state index in [1.165, 1.54) is 23.2 Å². The topological polar surface area (TPSA) is 85.3 Å². The molecule has 0 aliphatic carbocycles. The Morgan fingerprint density at radius 2 is 1.76 bits per heavy atom. The molecular weight excluding hydrogens is 456 g/mol. The molecule has 1 aliphatic heterocycles. The highest BCUT2D eigenvalue weighted by atomic mass is 32.2. The van der Waals surface area contributed by atoms with E-state index in [-0.39, 0.29) is 0 Å². The summed E-state index contributed by atoms with van der Waals surface area (Å²) >= 11 is 1.48. The van der Waals surface area contributed by atoms with Crippen LogP contribution >= 0.6 is 11.3 Å². The van der Waals surface area contributed by atoms with E-state index in [1.807, 2.05) is 24.5 Å². The Kier molecular flexibility index (Phi) is 7.60. The molecule has 1 fully saturated rings. The zero-order valence-electron chi connectivity index (χ0n) is 19.1. The van der Waals surface area contributed by atoms with Crippen molar-refractivity contribution in [2.24, 2.45) is 5.92 Å². The maximum absolute atomic E-state index is 11.6. The summed E-state index contributed by atoms with van der Waals surface area (Å²) < 4.78 is 29.1. The standard InChI is InChI=1S/C24H30N4O3S2/c1-3-4-19-15-25-23(26-16-19)28-12-9-18(10-13-28)11-14-31-24-27-17-22(32-24)20-5-7-21(8-6-20)33(2,29)30/h5-8,15-18H,3-4,9-14H2,1-2H3. The fraction of sp³-hybridized carbons (Fsp3) is 0.458. The number of anilines is 1. The highest BCUT2D eigenvalue weighted by Gasteiger charge is 2.21. The predicted octanol–water partition coefficient (Wildman–Crippen LogP) is 4.64. The second kappa shape index (κ2) is 10.6. The van der Waals surface area contributed by atoms with Crippen LogP contribution < -0.4 is 9.64 Å². The Labute approximate surface area is 199 Å². The Bertz CT molecular complexity index is 1140. The maximum atomic E-state index is 11.6. The van der Waals surface area contributed by atoms with Gasteiger partial charge in [0.15, 0.2) is 9.84 Å². The van der Waals surface area contributed by atoms with Crippen LogP contribution in [0.4, 0.5) is 5.95 Å². The Balaban J connectivity index is 1.22. The molecule has 176 valence electrons. The first-order chi connectivity index (χ1) is 15.9. The molecule has 0 spiro atoms. The second-order valence-corrected chi connectivity index (χ2v) is 11.5. The molecule has 0 saturated carbocycles. The summed E-state index contributed by atoms with van der Waals surface area (Å²) in [6, 6.07) is 6.87. The van der Waals surface area contributed by atoms with Crippen LogP contribution in [0.25, 0.3) is 10.4 Å². The molecule has 0 radical (unpaired) electrons. The van der Waals surface area contributed by atoms with Gasteiger partial charge in [0.2, 0.25) is 5.95 Å². The summed E-state index contributed by atoms with van der Waals surface area (Å²) in [5.74, 6) is 1.47. The van der Waals surface area contributed by atoms with E-state index in [4.69, 9.17) is 4.74 Å². The molecule has 9 heteroatoms. The first-order valence-electron chi connectivity index (χ1n) is 11.4. The third kappa shape index (κ3) is 6.29. The molecule has 1 saturated heterocycles. The molecule has 4 rings (SSSR count). The SMILES string of the molecule is CCCc1cnc(N2CCC(CCOc3ncc(-c4ccc(S(C)(=O)=O)cc4)s3)CC2)nc1. The summed E-state index contributed by atoms with van der Waals surface area (Å²) in [7, 11) is -3.19. The zero-order valence-corrected chi connectivity index (χ0v) is 20.7. The number of benzene rings is 1. The minimum absolute atomic E-state index is 0.318. The van der Waals surface area contributed by atoms with Gasteiger partial charge in [0.1, 0.15) is 0 Å². The van der Waals surface area contributed by atoms with Gasteiger partial charge in [0.25, 0.3) is 5.19 Å². The number of piperidine rings is 1. The molecule has 2 aromatic heterocycles. The number of rotatable bonds is 9. The van der Waals surface area contributed by atoms with Crippen molar-refractivity contribution in [3.8, 4) is 15.6 Å². The monoisotopic (exact) mass is 486 g/mol. The largest absolute Gasteiger partial charge is 0.470 e. The number of hydrogen-bond donors (Lipinski definition) is 0. The third-order valence-corrected chi connectivity index (χ3v) is 8.02. The van der Waals surface area contributed by atoms with Crippen molar-refractivity contribution in [3.63, 3.8) is 0 Å². The van der Waals surface area contributed by atoms with Crippen LogP contribution in [0.15, 0.2) is 47.8 Å². The van der Waals surface area contributed by atoms with Gasteiger partial charge in [0.05, 0.1) is 16.4 Å². The van der Waals surface area contributed by atoms with Crippen molar-refractivity contribution in [2.75, 3.05) is 30.9 Å². The van der Waals surface area contributed by atoms with Crippen molar-refractivity contribution in [1.29, 1.82) is 0 Å². The predicted molar refractivity (Wildman–Crippen MR) is 132 cm³/mol. The van der Waals surface area contributed by atoms with Crippen LogP contribution in [0.1, 0.15) is 38.2 Å². The van der Waals surface area contributed by atoms with E-state index in [0.29, 0.717) is 22.6 Å². The molecule has 0 N–H and O–H groups in total. The first-order valence-corrected chi connectivity index (χ1v) is 14.1. The second-order valence-electron chi connectivity index (χ2n) is 8.50. The zero-order chi connectivity index (χ0) is 23.3. The number of hydrogen-bond acceptors (Lipinski definition) is 8. The highest BCUT2D eigenvalue weighted by molar-refractivity contribution is 7.90. The first kappa shape index (κ1) is 23.6. The molecule has 7 nitrogen and oxygen atoms in total. The number of thiazole rings is 1. The summed E-state index contributed by atoms with van der Waals surface area (Å²) in [5.41, 5.74) is 2.14. The van der Waals surface area contributed by atoms with Crippen molar-refractivity contribution in [1.82, 2.24) is 15.0 Å². The van der Waals surface area contributed by atoms with Crippen molar-refractivity contribution in [3.05, 3.63) is 48.4 Å². The van der Waals surface area contributed by atoms with Gasteiger partial charge >= 0.3 is 0 Å². The molecule has 3 aromatic rings. The van der Waals surface area contributed by atoms with E-state index < -0.39 is 9.84 Å². The van der Waals surface area contributed by atoms with Crippen LogP contribution in [-0.2, 0) is 16.3 Å². The van der Waals surface area contributed by atoms with Crippen LogP contribution in [0.5, 0.6) is 5.19 Å². The quantitative estimate of drug-likeness (QED) is 0.435. The van der Waals surface area contributed by atoms with Crippen molar-refractivity contribution in [2.45, 2.75) is 43.9 Å². The lowest BCUT2D eigenvalue weighted by Gasteiger charge is -2.31.